The Bertz CT molecular complexity index is 874. The van der Waals surface area contributed by atoms with Crippen LogP contribution in [0.4, 0.5) is 11.4 Å². The molecule has 0 saturated heterocycles. The number of hydrogen-bond donors (Lipinski definition) is 3. The van der Waals surface area contributed by atoms with E-state index in [1.54, 1.807) is 36.4 Å². The molecule has 2 rings (SSSR count). The van der Waals surface area contributed by atoms with Crippen molar-refractivity contribution in [3.05, 3.63) is 52.5 Å². The molecule has 28 heavy (non-hydrogen) atoms. The molecule has 148 valence electrons. The number of nitrogens with one attached hydrogen (secondary N) is 3. The van der Waals surface area contributed by atoms with E-state index in [0.717, 1.165) is 12.8 Å². The molecule has 0 aliphatic rings. The quantitative estimate of drug-likeness (QED) is 0.517. The highest BCUT2D eigenvalue weighted by Crippen LogP contribution is 2.28. The predicted molar refractivity (Wildman–Crippen MR) is 119 cm³/mol. The minimum absolute atomic E-state index is 0.0583. The first-order valence-corrected chi connectivity index (χ1v) is 9.99. The Morgan fingerprint density at radius 3 is 2.57 bits per heavy atom. The van der Waals surface area contributed by atoms with Crippen molar-refractivity contribution in [1.29, 1.82) is 0 Å². The van der Waals surface area contributed by atoms with Gasteiger partial charge in [0.2, 0.25) is 5.91 Å². The topological polar surface area (TPSA) is 79.5 Å². The number of hydrogen-bond acceptors (Lipinski definition) is 4. The van der Waals surface area contributed by atoms with E-state index in [1.165, 1.54) is 7.11 Å². The van der Waals surface area contributed by atoms with Crippen LogP contribution in [0.5, 0.6) is 5.75 Å². The third kappa shape index (κ3) is 6.31. The zero-order chi connectivity index (χ0) is 20.5. The van der Waals surface area contributed by atoms with Crippen LogP contribution in [0, 0.1) is 0 Å². The minimum Gasteiger partial charge on any atom is -0.494 e. The van der Waals surface area contributed by atoms with Gasteiger partial charge < -0.3 is 15.4 Å². The van der Waals surface area contributed by atoms with Crippen LogP contribution in [-0.2, 0) is 4.79 Å². The second-order valence-corrected chi connectivity index (χ2v) is 7.22. The summed E-state index contributed by atoms with van der Waals surface area (Å²) in [5, 5.41) is 8.57. The van der Waals surface area contributed by atoms with E-state index in [1.807, 2.05) is 13.0 Å². The smallest absolute Gasteiger partial charge is 0.258 e. The van der Waals surface area contributed by atoms with Crippen molar-refractivity contribution in [2.75, 3.05) is 17.7 Å². The van der Waals surface area contributed by atoms with Gasteiger partial charge in [-0.3, -0.25) is 14.9 Å². The fraction of sp³-hybridized carbons (Fsp3) is 0.250. The SMILES string of the molecule is CCCCC(=O)Nc1ccc(NC(=S)NC(=O)c2ccccc2Br)cc1OC. The summed E-state index contributed by atoms with van der Waals surface area (Å²) in [7, 11) is 1.52. The van der Waals surface area contributed by atoms with Crippen LogP contribution in [0.3, 0.4) is 0 Å². The van der Waals surface area contributed by atoms with Gasteiger partial charge in [0.1, 0.15) is 5.75 Å². The summed E-state index contributed by atoms with van der Waals surface area (Å²) >= 11 is 8.56. The number of methoxy groups -OCH3 is 1. The van der Waals surface area contributed by atoms with Crippen LogP contribution in [0.2, 0.25) is 0 Å². The first-order chi connectivity index (χ1) is 13.4. The Morgan fingerprint density at radius 1 is 1.14 bits per heavy atom. The number of anilines is 2. The van der Waals surface area contributed by atoms with Gasteiger partial charge in [-0.15, -0.1) is 0 Å². The molecule has 0 atom stereocenters. The molecule has 0 unspecified atom stereocenters. The van der Waals surface area contributed by atoms with Gasteiger partial charge in [-0.05, 0) is 58.8 Å². The van der Waals surface area contributed by atoms with Gasteiger partial charge in [-0.25, -0.2) is 0 Å². The maximum atomic E-state index is 12.3. The molecule has 2 amide bonds. The average molecular weight is 464 g/mol. The molecule has 2 aromatic carbocycles. The Kier molecular flexibility index (Phi) is 8.41. The maximum absolute atomic E-state index is 12.3. The number of benzene rings is 2. The molecule has 8 heteroatoms. The van der Waals surface area contributed by atoms with Crippen molar-refractivity contribution >= 4 is 56.4 Å². The normalized spacial score (nSPS) is 10.1. The van der Waals surface area contributed by atoms with Gasteiger partial charge in [0.25, 0.3) is 5.91 Å². The molecular formula is C20H22BrN3O3S. The predicted octanol–water partition coefficient (Wildman–Crippen LogP) is 4.71. The number of carbonyl (C=O) groups excluding carboxylic acids is 2. The number of amides is 2. The molecule has 6 nitrogen and oxygen atoms in total. The fourth-order valence-corrected chi connectivity index (χ4v) is 3.08. The third-order valence-corrected chi connectivity index (χ3v) is 4.73. The lowest BCUT2D eigenvalue weighted by molar-refractivity contribution is -0.116. The highest BCUT2D eigenvalue weighted by molar-refractivity contribution is 9.10. The largest absolute Gasteiger partial charge is 0.494 e. The number of ether oxygens (including phenoxy) is 1. The molecular weight excluding hydrogens is 442 g/mol. The Labute approximate surface area is 178 Å². The van der Waals surface area contributed by atoms with Crippen LogP contribution < -0.4 is 20.7 Å². The standard InChI is InChI=1S/C20H22BrN3O3S/c1-3-4-9-18(25)23-16-11-10-13(12-17(16)27-2)22-20(28)24-19(26)14-7-5-6-8-15(14)21/h5-8,10-12H,3-4,9H2,1-2H3,(H,23,25)(H2,22,24,26,28). The molecule has 0 bridgehead atoms. The summed E-state index contributed by atoms with van der Waals surface area (Å²) < 4.78 is 6.03. The van der Waals surface area contributed by atoms with E-state index < -0.39 is 0 Å². The van der Waals surface area contributed by atoms with E-state index in [-0.39, 0.29) is 16.9 Å². The van der Waals surface area contributed by atoms with E-state index in [2.05, 4.69) is 31.9 Å². The fourth-order valence-electron chi connectivity index (χ4n) is 2.40. The van der Waals surface area contributed by atoms with Crippen molar-refractivity contribution in [3.63, 3.8) is 0 Å². The van der Waals surface area contributed by atoms with Crippen LogP contribution in [0.1, 0.15) is 36.5 Å². The van der Waals surface area contributed by atoms with Crippen LogP contribution in [-0.4, -0.2) is 24.0 Å². The molecule has 0 radical (unpaired) electrons. The Morgan fingerprint density at radius 2 is 1.89 bits per heavy atom. The Hall–Kier alpha value is -2.45. The molecule has 0 aliphatic heterocycles. The molecule has 3 N–H and O–H groups in total. The van der Waals surface area contributed by atoms with Gasteiger partial charge in [0.15, 0.2) is 5.11 Å². The summed E-state index contributed by atoms with van der Waals surface area (Å²) in [5.41, 5.74) is 1.69. The molecule has 0 fully saturated rings. The first kappa shape index (κ1) is 21.8. The van der Waals surface area contributed by atoms with Crippen molar-refractivity contribution in [3.8, 4) is 5.75 Å². The lowest BCUT2D eigenvalue weighted by Crippen LogP contribution is -2.34. The van der Waals surface area contributed by atoms with Crippen LogP contribution >= 0.6 is 28.1 Å². The van der Waals surface area contributed by atoms with Crippen molar-refractivity contribution in [2.45, 2.75) is 26.2 Å². The van der Waals surface area contributed by atoms with E-state index >= 15 is 0 Å². The third-order valence-electron chi connectivity index (χ3n) is 3.84. The number of thiocarbonyl (C=S) groups is 1. The number of halogens is 1. The molecule has 0 saturated carbocycles. The van der Waals surface area contributed by atoms with Crippen LogP contribution in [0.15, 0.2) is 46.9 Å². The molecule has 2 aromatic rings. The summed E-state index contributed by atoms with van der Waals surface area (Å²) in [6.45, 7) is 2.03. The van der Waals surface area contributed by atoms with Crippen LogP contribution in [0.25, 0.3) is 0 Å². The molecule has 0 spiro atoms. The van der Waals surface area contributed by atoms with E-state index in [4.69, 9.17) is 17.0 Å². The Balaban J connectivity index is 2.01. The summed E-state index contributed by atoms with van der Waals surface area (Å²) in [6, 6.07) is 12.2. The van der Waals surface area contributed by atoms with Gasteiger partial charge in [-0.2, -0.15) is 0 Å². The second kappa shape index (κ2) is 10.8. The van der Waals surface area contributed by atoms with Crippen molar-refractivity contribution in [1.82, 2.24) is 5.32 Å². The highest BCUT2D eigenvalue weighted by Gasteiger charge is 2.12. The van der Waals surface area contributed by atoms with Gasteiger partial charge >= 0.3 is 0 Å². The monoisotopic (exact) mass is 463 g/mol. The van der Waals surface area contributed by atoms with E-state index in [9.17, 15) is 9.59 Å². The van der Waals surface area contributed by atoms with Crippen molar-refractivity contribution in [2.24, 2.45) is 0 Å². The molecule has 0 aromatic heterocycles. The number of rotatable bonds is 7. The minimum atomic E-state index is -0.322. The van der Waals surface area contributed by atoms with Gasteiger partial charge in [0.05, 0.1) is 18.4 Å². The summed E-state index contributed by atoms with van der Waals surface area (Å²) in [6.07, 6.45) is 2.25. The summed E-state index contributed by atoms with van der Waals surface area (Å²) in [5.74, 6) is 0.114. The van der Waals surface area contributed by atoms with E-state index in [0.29, 0.717) is 33.6 Å². The number of carbonyl (C=O) groups is 2. The number of unbranched alkanes of at least 4 members (excludes halogenated alkanes) is 1. The highest BCUT2D eigenvalue weighted by atomic mass is 79.9. The lowest BCUT2D eigenvalue weighted by atomic mass is 10.2. The average Bonchev–Trinajstić information content (AvgIpc) is 2.67. The molecule has 0 aliphatic carbocycles. The lowest BCUT2D eigenvalue weighted by Gasteiger charge is -2.14. The zero-order valence-corrected chi connectivity index (χ0v) is 18.1. The first-order valence-electron chi connectivity index (χ1n) is 8.79. The maximum Gasteiger partial charge on any atom is 0.258 e. The molecule has 0 heterocycles. The van der Waals surface area contributed by atoms with Gasteiger partial charge in [0, 0.05) is 22.6 Å². The second-order valence-electron chi connectivity index (χ2n) is 5.95. The zero-order valence-electron chi connectivity index (χ0n) is 15.7. The van der Waals surface area contributed by atoms with Gasteiger partial charge in [-0.1, -0.05) is 25.5 Å². The summed E-state index contributed by atoms with van der Waals surface area (Å²) in [4.78, 5) is 24.2. The van der Waals surface area contributed by atoms with Crippen molar-refractivity contribution < 1.29 is 14.3 Å².